The third-order valence-electron chi connectivity index (χ3n) is 6.71. The van der Waals surface area contributed by atoms with Crippen LogP contribution in [0.4, 0.5) is 0 Å². The summed E-state index contributed by atoms with van der Waals surface area (Å²) in [5.74, 6) is 1.36. The number of methoxy groups -OCH3 is 1. The van der Waals surface area contributed by atoms with Crippen molar-refractivity contribution in [2.45, 2.75) is 39.0 Å². The average molecular weight is 537 g/mol. The molecule has 1 saturated heterocycles. The van der Waals surface area contributed by atoms with Crippen molar-refractivity contribution in [3.63, 3.8) is 0 Å². The van der Waals surface area contributed by atoms with E-state index in [1.807, 2.05) is 73.4 Å². The summed E-state index contributed by atoms with van der Waals surface area (Å²) < 4.78 is 19.0. The lowest BCUT2D eigenvalue weighted by Gasteiger charge is -2.33. The van der Waals surface area contributed by atoms with Crippen LogP contribution < -0.4 is 9.47 Å². The number of aromatic nitrogens is 2. The number of ether oxygens (including phenoxy) is 3. The zero-order valence-corrected chi connectivity index (χ0v) is 23.2. The van der Waals surface area contributed by atoms with Gasteiger partial charge in [0.25, 0.3) is 0 Å². The summed E-state index contributed by atoms with van der Waals surface area (Å²) in [4.78, 5) is 16.5. The minimum absolute atomic E-state index is 0.0196. The molecule has 1 aliphatic heterocycles. The highest BCUT2D eigenvalue weighted by Gasteiger charge is 2.37. The molecule has 1 aromatic heterocycles. The summed E-state index contributed by atoms with van der Waals surface area (Å²) in [7, 11) is 1.50. The maximum atomic E-state index is 12.7. The van der Waals surface area contributed by atoms with Gasteiger partial charge in [-0.05, 0) is 49.2 Å². The molecule has 1 amide bonds. The predicted molar refractivity (Wildman–Crippen MR) is 149 cm³/mol. The number of hydrogen-bond donors (Lipinski definition) is 1. The minimum Gasteiger partial charge on any atom is -0.494 e. The molecule has 210 valence electrons. The number of nitrogens with zero attached hydrogens (tertiary/aromatic N) is 4. The van der Waals surface area contributed by atoms with E-state index in [9.17, 15) is 9.90 Å². The number of carbonyl (C=O) groups is 1. The van der Waals surface area contributed by atoms with Gasteiger partial charge >= 0.3 is 0 Å². The van der Waals surface area contributed by atoms with E-state index in [-0.39, 0.29) is 25.7 Å². The van der Waals surface area contributed by atoms with Crippen LogP contribution in [-0.2, 0) is 22.6 Å². The molecule has 0 saturated carbocycles. The largest absolute Gasteiger partial charge is 0.494 e. The molecule has 2 aromatic carbocycles. The Hall–Kier alpha value is -3.40. The normalized spacial score (nSPS) is 18.1. The molecule has 1 atom stereocenters. The Morgan fingerprint density at radius 2 is 1.85 bits per heavy atom. The van der Waals surface area contributed by atoms with Crippen LogP contribution in [-0.4, -0.2) is 89.3 Å². The van der Waals surface area contributed by atoms with Crippen molar-refractivity contribution in [3.05, 3.63) is 77.6 Å². The molecule has 3 aromatic rings. The van der Waals surface area contributed by atoms with Crippen LogP contribution in [0.15, 0.2) is 60.9 Å². The molecule has 1 N–H and O–H groups in total. The van der Waals surface area contributed by atoms with Crippen LogP contribution >= 0.6 is 0 Å². The van der Waals surface area contributed by atoms with Crippen LogP contribution in [0.1, 0.15) is 23.1 Å². The Kier molecular flexibility index (Phi) is 9.97. The van der Waals surface area contributed by atoms with Gasteiger partial charge in [-0.1, -0.05) is 29.8 Å². The second kappa shape index (κ2) is 13.6. The van der Waals surface area contributed by atoms with Crippen molar-refractivity contribution in [1.29, 1.82) is 0 Å². The molecule has 4 rings (SSSR count). The SMILES string of the molecule is COCC(=O)N1CCN(Cc2cccc(OCCCn3cc(C)cn3)c2)C[C@@](O)(COc2ccc(C)cc2)C1. The molecule has 1 fully saturated rings. The van der Waals surface area contributed by atoms with Crippen LogP contribution in [0.5, 0.6) is 11.5 Å². The number of benzene rings is 2. The van der Waals surface area contributed by atoms with Gasteiger partial charge in [0.1, 0.15) is 30.3 Å². The first-order valence-electron chi connectivity index (χ1n) is 13.4. The number of aryl methyl sites for hydroxylation is 3. The van der Waals surface area contributed by atoms with Gasteiger partial charge in [-0.2, -0.15) is 5.10 Å². The summed E-state index contributed by atoms with van der Waals surface area (Å²) in [6.07, 6.45) is 4.74. The Balaban J connectivity index is 1.37. The van der Waals surface area contributed by atoms with E-state index in [0.717, 1.165) is 35.4 Å². The first-order chi connectivity index (χ1) is 18.8. The van der Waals surface area contributed by atoms with Crippen LogP contribution in [0.3, 0.4) is 0 Å². The van der Waals surface area contributed by atoms with Crippen molar-refractivity contribution in [1.82, 2.24) is 19.6 Å². The molecule has 2 heterocycles. The highest BCUT2D eigenvalue weighted by atomic mass is 16.5. The van der Waals surface area contributed by atoms with Crippen molar-refractivity contribution in [3.8, 4) is 11.5 Å². The molecule has 9 heteroatoms. The maximum absolute atomic E-state index is 12.7. The first kappa shape index (κ1) is 28.6. The van der Waals surface area contributed by atoms with E-state index in [4.69, 9.17) is 14.2 Å². The Labute approximate surface area is 230 Å². The smallest absolute Gasteiger partial charge is 0.248 e. The van der Waals surface area contributed by atoms with E-state index >= 15 is 0 Å². The summed E-state index contributed by atoms with van der Waals surface area (Å²) in [5, 5.41) is 16.0. The number of carbonyl (C=O) groups excluding carboxylic acids is 1. The molecular weight excluding hydrogens is 496 g/mol. The highest BCUT2D eigenvalue weighted by Crippen LogP contribution is 2.22. The van der Waals surface area contributed by atoms with Crippen molar-refractivity contribution in [2.24, 2.45) is 0 Å². The molecule has 0 bridgehead atoms. The zero-order chi connectivity index (χ0) is 27.7. The molecule has 0 unspecified atom stereocenters. The van der Waals surface area contributed by atoms with Crippen LogP contribution in [0.25, 0.3) is 0 Å². The van der Waals surface area contributed by atoms with Gasteiger partial charge in [0.2, 0.25) is 5.91 Å². The number of hydrogen-bond acceptors (Lipinski definition) is 7. The van der Waals surface area contributed by atoms with Crippen molar-refractivity contribution < 1.29 is 24.1 Å². The fourth-order valence-corrected chi connectivity index (χ4v) is 4.75. The van der Waals surface area contributed by atoms with Gasteiger partial charge in [0.15, 0.2) is 0 Å². The topological polar surface area (TPSA) is 89.3 Å². The van der Waals surface area contributed by atoms with Gasteiger partial charge in [-0.25, -0.2) is 0 Å². The van der Waals surface area contributed by atoms with E-state index in [0.29, 0.717) is 38.5 Å². The Bertz CT molecular complexity index is 1200. The summed E-state index contributed by atoms with van der Waals surface area (Å²) in [6, 6.07) is 15.8. The predicted octanol–water partition coefficient (Wildman–Crippen LogP) is 3.07. The zero-order valence-electron chi connectivity index (χ0n) is 23.2. The van der Waals surface area contributed by atoms with Gasteiger partial charge in [0, 0.05) is 52.5 Å². The lowest BCUT2D eigenvalue weighted by Crippen LogP contribution is -2.52. The maximum Gasteiger partial charge on any atom is 0.248 e. The number of rotatable bonds is 12. The third kappa shape index (κ3) is 8.81. The Morgan fingerprint density at radius 3 is 2.59 bits per heavy atom. The lowest BCUT2D eigenvalue weighted by molar-refractivity contribution is -0.138. The van der Waals surface area contributed by atoms with Crippen molar-refractivity contribution >= 4 is 5.91 Å². The number of amides is 1. The van der Waals surface area contributed by atoms with Gasteiger partial charge in [-0.15, -0.1) is 0 Å². The number of β-amino-alcohol motifs (C(OH)–C–C–N with tert-alkyl or cyclic N) is 1. The monoisotopic (exact) mass is 536 g/mol. The molecule has 0 radical (unpaired) electrons. The second-order valence-corrected chi connectivity index (χ2v) is 10.4. The van der Waals surface area contributed by atoms with Crippen LogP contribution in [0, 0.1) is 13.8 Å². The molecular formula is C30H40N4O5. The quantitative estimate of drug-likeness (QED) is 0.356. The summed E-state index contributed by atoms with van der Waals surface area (Å²) in [5.41, 5.74) is 2.12. The highest BCUT2D eigenvalue weighted by molar-refractivity contribution is 5.77. The molecule has 39 heavy (non-hydrogen) atoms. The minimum atomic E-state index is -1.25. The van der Waals surface area contributed by atoms with E-state index < -0.39 is 5.60 Å². The average Bonchev–Trinajstić information content (AvgIpc) is 3.25. The van der Waals surface area contributed by atoms with Gasteiger partial charge < -0.3 is 24.2 Å². The van der Waals surface area contributed by atoms with E-state index in [2.05, 4.69) is 16.1 Å². The van der Waals surface area contributed by atoms with E-state index in [1.165, 1.54) is 7.11 Å². The van der Waals surface area contributed by atoms with Crippen LogP contribution in [0.2, 0.25) is 0 Å². The second-order valence-electron chi connectivity index (χ2n) is 10.4. The number of aliphatic hydroxyl groups is 1. The summed E-state index contributed by atoms with van der Waals surface area (Å²) in [6.45, 7) is 7.78. The van der Waals surface area contributed by atoms with Gasteiger partial charge in [0.05, 0.1) is 19.3 Å². The molecule has 0 aliphatic carbocycles. The summed E-state index contributed by atoms with van der Waals surface area (Å²) >= 11 is 0. The fourth-order valence-electron chi connectivity index (χ4n) is 4.75. The lowest BCUT2D eigenvalue weighted by atomic mass is 10.0. The third-order valence-corrected chi connectivity index (χ3v) is 6.71. The molecule has 0 spiro atoms. The van der Waals surface area contributed by atoms with Crippen molar-refractivity contribution in [2.75, 3.05) is 53.1 Å². The van der Waals surface area contributed by atoms with Gasteiger partial charge in [-0.3, -0.25) is 14.4 Å². The van der Waals surface area contributed by atoms with E-state index in [1.54, 1.807) is 4.90 Å². The molecule has 9 nitrogen and oxygen atoms in total. The first-order valence-corrected chi connectivity index (χ1v) is 13.4. The molecule has 1 aliphatic rings. The standard InChI is InChI=1S/C30H40N4O5/c1-24-8-10-27(11-9-24)39-23-30(36)21-32(13-14-33(22-30)29(35)20-37-3)19-26-6-4-7-28(16-26)38-15-5-12-34-18-25(2)17-31-34/h4,6-11,16-18,36H,5,12-15,19-23H2,1-3H3/t30-/m0/s1. The Morgan fingerprint density at radius 1 is 1.03 bits per heavy atom. The fraction of sp³-hybridized carbons (Fsp3) is 0.467.